The number of unbranched alkanes of at least 4 members (excludes halogenated alkanes) is 2. The van der Waals surface area contributed by atoms with Crippen molar-refractivity contribution >= 4 is 22.7 Å². The Morgan fingerprint density at radius 1 is 1.03 bits per heavy atom. The Labute approximate surface area is 179 Å². The Balaban J connectivity index is 1.60. The van der Waals surface area contributed by atoms with Crippen molar-refractivity contribution in [3.63, 3.8) is 0 Å². The molecule has 0 unspecified atom stereocenters. The summed E-state index contributed by atoms with van der Waals surface area (Å²) in [6.07, 6.45) is 3.12. The van der Waals surface area contributed by atoms with Crippen LogP contribution in [0.2, 0.25) is 0 Å². The summed E-state index contributed by atoms with van der Waals surface area (Å²) < 4.78 is 7.23. The van der Waals surface area contributed by atoms with E-state index in [-0.39, 0.29) is 5.56 Å². The number of thioether (sulfide) groups is 1. The van der Waals surface area contributed by atoms with Gasteiger partial charge in [-0.3, -0.25) is 9.36 Å². The third kappa shape index (κ3) is 4.31. The lowest BCUT2D eigenvalue weighted by molar-refractivity contribution is 0.391. The van der Waals surface area contributed by atoms with Crippen LogP contribution in [0.15, 0.2) is 63.0 Å². The van der Waals surface area contributed by atoms with Gasteiger partial charge in [-0.15, -0.1) is 0 Å². The molecule has 154 valence electrons. The highest BCUT2D eigenvalue weighted by molar-refractivity contribution is 7.98. The Morgan fingerprint density at radius 2 is 1.83 bits per heavy atom. The largest absolute Gasteiger partial charge is 0.338 e. The minimum atomic E-state index is 0.00494. The van der Waals surface area contributed by atoms with Crippen LogP contribution in [-0.4, -0.2) is 19.7 Å². The number of nitrogens with zero attached hydrogens (tertiary/aromatic N) is 4. The van der Waals surface area contributed by atoms with Gasteiger partial charge >= 0.3 is 0 Å². The van der Waals surface area contributed by atoms with Gasteiger partial charge in [-0.2, -0.15) is 4.98 Å². The number of benzene rings is 2. The highest BCUT2D eigenvalue weighted by atomic mass is 32.2. The van der Waals surface area contributed by atoms with Crippen LogP contribution in [0, 0.1) is 6.92 Å². The van der Waals surface area contributed by atoms with Gasteiger partial charge in [0.05, 0.1) is 16.7 Å². The Hall–Kier alpha value is -2.93. The Bertz CT molecular complexity index is 1220. The summed E-state index contributed by atoms with van der Waals surface area (Å²) in [5, 5.41) is 5.46. The van der Waals surface area contributed by atoms with Crippen LogP contribution in [0.4, 0.5) is 0 Å². The first kappa shape index (κ1) is 20.3. The SMILES string of the molecule is CCCCCn1c(SCc2nc(-c3ccccc3C)no2)nc2ccccc2c1=O. The summed E-state index contributed by atoms with van der Waals surface area (Å²) >= 11 is 1.46. The van der Waals surface area contributed by atoms with Crippen molar-refractivity contribution in [2.45, 2.75) is 50.6 Å². The lowest BCUT2D eigenvalue weighted by Crippen LogP contribution is -2.23. The van der Waals surface area contributed by atoms with Gasteiger partial charge in [-0.25, -0.2) is 4.98 Å². The summed E-state index contributed by atoms with van der Waals surface area (Å²) in [5.74, 6) is 1.55. The van der Waals surface area contributed by atoms with Gasteiger partial charge in [0.15, 0.2) is 5.16 Å². The van der Waals surface area contributed by atoms with Crippen LogP contribution in [0.1, 0.15) is 37.6 Å². The predicted molar refractivity (Wildman–Crippen MR) is 120 cm³/mol. The van der Waals surface area contributed by atoms with E-state index in [1.165, 1.54) is 11.8 Å². The molecule has 0 aliphatic carbocycles. The minimum absolute atomic E-state index is 0.00494. The molecule has 0 aliphatic rings. The smallest absolute Gasteiger partial charge is 0.262 e. The molecule has 0 amide bonds. The van der Waals surface area contributed by atoms with E-state index in [1.54, 1.807) is 4.57 Å². The third-order valence-corrected chi connectivity index (χ3v) is 5.95. The van der Waals surface area contributed by atoms with Crippen LogP contribution >= 0.6 is 11.8 Å². The van der Waals surface area contributed by atoms with E-state index in [9.17, 15) is 4.79 Å². The summed E-state index contributed by atoms with van der Waals surface area (Å²) in [6.45, 7) is 4.83. The topological polar surface area (TPSA) is 73.8 Å². The summed E-state index contributed by atoms with van der Waals surface area (Å²) in [5.41, 5.74) is 2.77. The molecule has 0 saturated heterocycles. The maximum Gasteiger partial charge on any atom is 0.262 e. The van der Waals surface area contributed by atoms with Crippen LogP contribution in [0.25, 0.3) is 22.3 Å². The van der Waals surface area contributed by atoms with Gasteiger partial charge in [-0.1, -0.05) is 73.1 Å². The first-order valence-corrected chi connectivity index (χ1v) is 11.2. The van der Waals surface area contributed by atoms with E-state index >= 15 is 0 Å². The zero-order valence-electron chi connectivity index (χ0n) is 17.2. The van der Waals surface area contributed by atoms with Crippen LogP contribution in [0.5, 0.6) is 0 Å². The maximum absolute atomic E-state index is 13.0. The first-order valence-electron chi connectivity index (χ1n) is 10.2. The van der Waals surface area contributed by atoms with Gasteiger partial charge in [0, 0.05) is 12.1 Å². The summed E-state index contributed by atoms with van der Waals surface area (Å²) in [6, 6.07) is 15.4. The lowest BCUT2D eigenvalue weighted by Gasteiger charge is -2.12. The number of hydrogen-bond donors (Lipinski definition) is 0. The minimum Gasteiger partial charge on any atom is -0.338 e. The second kappa shape index (κ2) is 9.26. The van der Waals surface area contributed by atoms with Crippen molar-refractivity contribution in [1.29, 1.82) is 0 Å². The fraction of sp³-hybridized carbons (Fsp3) is 0.304. The number of fused-ring (bicyclic) bond motifs is 1. The van der Waals surface area contributed by atoms with E-state index in [2.05, 4.69) is 17.1 Å². The molecule has 2 aromatic heterocycles. The van der Waals surface area contributed by atoms with Crippen LogP contribution < -0.4 is 5.56 Å². The van der Waals surface area contributed by atoms with Gasteiger partial charge < -0.3 is 4.52 Å². The van der Waals surface area contributed by atoms with Gasteiger partial charge in [0.1, 0.15) is 0 Å². The van der Waals surface area contributed by atoms with Crippen molar-refractivity contribution in [2.24, 2.45) is 0 Å². The molecular formula is C23H24N4O2S. The Kier molecular flexibility index (Phi) is 6.28. The van der Waals surface area contributed by atoms with Gasteiger partial charge in [-0.05, 0) is 31.0 Å². The fourth-order valence-corrected chi connectivity index (χ4v) is 4.21. The predicted octanol–water partition coefficient (Wildman–Crippen LogP) is 5.24. The van der Waals surface area contributed by atoms with E-state index in [1.807, 2.05) is 55.5 Å². The van der Waals surface area contributed by atoms with Crippen molar-refractivity contribution in [3.05, 3.63) is 70.3 Å². The highest BCUT2D eigenvalue weighted by Gasteiger charge is 2.15. The van der Waals surface area contributed by atoms with Crippen LogP contribution in [-0.2, 0) is 12.3 Å². The maximum atomic E-state index is 13.0. The number of rotatable bonds is 8. The van der Waals surface area contributed by atoms with E-state index in [0.29, 0.717) is 40.1 Å². The summed E-state index contributed by atoms with van der Waals surface area (Å²) in [7, 11) is 0. The Morgan fingerprint density at radius 3 is 2.67 bits per heavy atom. The molecule has 0 fully saturated rings. The van der Waals surface area contributed by atoms with Gasteiger partial charge in [0.2, 0.25) is 11.7 Å². The average Bonchev–Trinajstić information content (AvgIpc) is 3.23. The molecule has 30 heavy (non-hydrogen) atoms. The number of para-hydroxylation sites is 1. The summed E-state index contributed by atoms with van der Waals surface area (Å²) in [4.78, 5) is 22.3. The number of aromatic nitrogens is 4. The molecule has 2 heterocycles. The monoisotopic (exact) mass is 420 g/mol. The zero-order chi connectivity index (χ0) is 20.9. The molecule has 0 spiro atoms. The molecule has 0 bridgehead atoms. The molecule has 6 nitrogen and oxygen atoms in total. The second-order valence-corrected chi connectivity index (χ2v) is 8.13. The highest BCUT2D eigenvalue weighted by Crippen LogP contribution is 2.25. The molecule has 0 N–H and O–H groups in total. The molecule has 7 heteroatoms. The van der Waals surface area contributed by atoms with Crippen molar-refractivity contribution in [1.82, 2.24) is 19.7 Å². The first-order chi connectivity index (χ1) is 14.7. The molecule has 0 radical (unpaired) electrons. The standard InChI is InChI=1S/C23H24N4O2S/c1-3-4-9-14-27-22(28)18-12-7-8-13-19(18)24-23(27)30-15-20-25-21(26-29-20)17-11-6-5-10-16(17)2/h5-8,10-13H,3-4,9,14-15H2,1-2H3. The van der Waals surface area contributed by atoms with E-state index < -0.39 is 0 Å². The molecule has 0 atom stereocenters. The van der Waals surface area contributed by atoms with E-state index in [0.717, 1.165) is 30.4 Å². The number of aryl methyl sites for hydroxylation is 1. The molecule has 4 aromatic rings. The third-order valence-electron chi connectivity index (χ3n) is 4.99. The number of hydrogen-bond acceptors (Lipinski definition) is 6. The molecule has 2 aromatic carbocycles. The van der Waals surface area contributed by atoms with Crippen molar-refractivity contribution < 1.29 is 4.52 Å². The quantitative estimate of drug-likeness (QED) is 0.221. The molecule has 0 aliphatic heterocycles. The fourth-order valence-electron chi connectivity index (χ4n) is 3.35. The van der Waals surface area contributed by atoms with Gasteiger partial charge in [0.25, 0.3) is 5.56 Å². The van der Waals surface area contributed by atoms with Crippen LogP contribution in [0.3, 0.4) is 0 Å². The van der Waals surface area contributed by atoms with Crippen molar-refractivity contribution in [2.75, 3.05) is 0 Å². The second-order valence-electron chi connectivity index (χ2n) is 7.19. The zero-order valence-corrected chi connectivity index (χ0v) is 18.0. The average molecular weight is 421 g/mol. The molecule has 4 rings (SSSR count). The molecular weight excluding hydrogens is 396 g/mol. The van der Waals surface area contributed by atoms with E-state index in [4.69, 9.17) is 9.51 Å². The normalized spacial score (nSPS) is 11.3. The molecule has 0 saturated carbocycles. The lowest BCUT2D eigenvalue weighted by atomic mass is 10.1. The van der Waals surface area contributed by atoms with Crippen molar-refractivity contribution in [3.8, 4) is 11.4 Å².